The van der Waals surface area contributed by atoms with Crippen LogP contribution in [0.15, 0.2) is 6.07 Å². The van der Waals surface area contributed by atoms with Crippen molar-refractivity contribution >= 4 is 5.69 Å². The van der Waals surface area contributed by atoms with E-state index in [1.807, 2.05) is 6.92 Å². The van der Waals surface area contributed by atoms with E-state index in [9.17, 15) is 17.6 Å². The summed E-state index contributed by atoms with van der Waals surface area (Å²) in [5.74, 6) is -4.91. The average molecular weight is 302 g/mol. The van der Waals surface area contributed by atoms with Crippen molar-refractivity contribution in [3.05, 3.63) is 29.3 Å². The lowest BCUT2D eigenvalue weighted by Gasteiger charge is -2.46. The predicted octanol–water partition coefficient (Wildman–Crippen LogP) is 3.21. The number of piperazine rings is 1. The maximum atomic E-state index is 14.0. The zero-order chi connectivity index (χ0) is 15.4. The minimum Gasteiger partial charge on any atom is -0.361 e. The van der Waals surface area contributed by atoms with Gasteiger partial charge in [-0.2, -0.15) is 0 Å². The molecule has 2 unspecified atom stereocenters. The van der Waals surface area contributed by atoms with E-state index in [4.69, 9.17) is 0 Å². The second-order valence-corrected chi connectivity index (χ2v) is 6.37. The van der Waals surface area contributed by atoms with Crippen molar-refractivity contribution < 1.29 is 17.6 Å². The van der Waals surface area contributed by atoms with Crippen LogP contribution in [0.25, 0.3) is 0 Å². The van der Waals surface area contributed by atoms with Crippen molar-refractivity contribution in [1.82, 2.24) is 5.32 Å². The summed E-state index contributed by atoms with van der Waals surface area (Å²) in [5, 5.41) is 3.40. The first-order chi connectivity index (χ1) is 9.83. The van der Waals surface area contributed by atoms with E-state index in [1.165, 1.54) is 4.90 Å². The molecule has 0 amide bonds. The number of anilines is 1. The third kappa shape index (κ3) is 2.39. The lowest BCUT2D eigenvalue weighted by Crippen LogP contribution is -2.63. The molecule has 0 radical (unpaired) electrons. The molecule has 1 aromatic carbocycles. The molecule has 2 atom stereocenters. The van der Waals surface area contributed by atoms with E-state index in [0.717, 1.165) is 12.8 Å². The van der Waals surface area contributed by atoms with E-state index < -0.39 is 29.0 Å². The molecule has 0 bridgehead atoms. The van der Waals surface area contributed by atoms with Gasteiger partial charge in [0.2, 0.25) is 0 Å². The van der Waals surface area contributed by atoms with Crippen molar-refractivity contribution in [1.29, 1.82) is 0 Å². The maximum Gasteiger partial charge on any atom is 0.185 e. The van der Waals surface area contributed by atoms with Crippen LogP contribution in [0, 0.1) is 29.2 Å². The van der Waals surface area contributed by atoms with Gasteiger partial charge >= 0.3 is 0 Å². The number of hydrogen-bond donors (Lipinski definition) is 1. The van der Waals surface area contributed by atoms with Crippen LogP contribution >= 0.6 is 0 Å². The van der Waals surface area contributed by atoms with Gasteiger partial charge in [-0.25, -0.2) is 17.6 Å². The summed E-state index contributed by atoms with van der Waals surface area (Å²) in [6.07, 6.45) is 2.13. The van der Waals surface area contributed by atoms with Gasteiger partial charge in [0.1, 0.15) is 5.69 Å². The second-order valence-electron chi connectivity index (χ2n) is 6.37. The smallest absolute Gasteiger partial charge is 0.185 e. The van der Waals surface area contributed by atoms with E-state index in [2.05, 4.69) is 5.32 Å². The molecule has 1 N–H and O–H groups in total. The Labute approximate surface area is 121 Å². The number of halogens is 4. The normalized spacial score (nSPS) is 29.8. The van der Waals surface area contributed by atoms with Crippen LogP contribution in [0.3, 0.4) is 0 Å². The largest absolute Gasteiger partial charge is 0.361 e. The molecule has 3 rings (SSSR count). The highest BCUT2D eigenvalue weighted by atomic mass is 19.2. The molecule has 116 valence electrons. The van der Waals surface area contributed by atoms with Gasteiger partial charge in [-0.3, -0.25) is 0 Å². The molecule has 6 heteroatoms. The van der Waals surface area contributed by atoms with Crippen molar-refractivity contribution in [2.75, 3.05) is 18.0 Å². The first-order valence-electron chi connectivity index (χ1n) is 7.18. The van der Waals surface area contributed by atoms with Crippen molar-refractivity contribution in [2.45, 2.75) is 38.3 Å². The number of nitrogens with one attached hydrogen (secondary N) is 1. The zero-order valence-electron chi connectivity index (χ0n) is 12.0. The summed E-state index contributed by atoms with van der Waals surface area (Å²) >= 11 is 0. The number of benzene rings is 1. The summed E-state index contributed by atoms with van der Waals surface area (Å²) in [5.41, 5.74) is -0.873. The molecule has 1 aliphatic heterocycles. The van der Waals surface area contributed by atoms with Crippen molar-refractivity contribution in [2.24, 2.45) is 5.92 Å². The van der Waals surface area contributed by atoms with Gasteiger partial charge in [0.25, 0.3) is 0 Å². The van der Waals surface area contributed by atoms with Gasteiger partial charge in [-0.15, -0.1) is 0 Å². The highest BCUT2D eigenvalue weighted by Gasteiger charge is 2.46. The Bertz CT molecular complexity index is 547. The van der Waals surface area contributed by atoms with Gasteiger partial charge in [0, 0.05) is 30.7 Å². The lowest BCUT2D eigenvalue weighted by atomic mass is 9.90. The predicted molar refractivity (Wildman–Crippen MR) is 72.2 cm³/mol. The van der Waals surface area contributed by atoms with Gasteiger partial charge in [0.15, 0.2) is 23.3 Å². The average Bonchev–Trinajstić information content (AvgIpc) is 3.26. The molecule has 1 saturated carbocycles. The maximum absolute atomic E-state index is 14.0. The van der Waals surface area contributed by atoms with Crippen LogP contribution < -0.4 is 10.2 Å². The molecular formula is C15H18F4N2. The fourth-order valence-corrected chi connectivity index (χ4v) is 3.16. The Morgan fingerprint density at radius 1 is 1.14 bits per heavy atom. The second kappa shape index (κ2) is 4.87. The van der Waals surface area contributed by atoms with E-state index in [-0.39, 0.29) is 17.6 Å². The Kier molecular flexibility index (Phi) is 3.39. The molecule has 1 aliphatic carbocycles. The van der Waals surface area contributed by atoms with Crippen LogP contribution in [-0.2, 0) is 0 Å². The molecule has 2 aliphatic rings. The Morgan fingerprint density at radius 2 is 1.71 bits per heavy atom. The van der Waals surface area contributed by atoms with Gasteiger partial charge in [0.05, 0.1) is 0 Å². The number of nitrogens with zero attached hydrogens (tertiary/aromatic N) is 1. The van der Waals surface area contributed by atoms with Crippen LogP contribution in [0.2, 0.25) is 0 Å². The summed E-state index contributed by atoms with van der Waals surface area (Å²) in [6, 6.07) is 0.00298. The molecular weight excluding hydrogens is 284 g/mol. The van der Waals surface area contributed by atoms with E-state index >= 15 is 0 Å². The van der Waals surface area contributed by atoms with Crippen LogP contribution in [0.5, 0.6) is 0 Å². The third-order valence-electron chi connectivity index (χ3n) is 4.69. The molecule has 1 aromatic rings. The molecule has 1 heterocycles. The molecule has 1 saturated heterocycles. The molecule has 0 spiro atoms. The summed E-state index contributed by atoms with van der Waals surface area (Å²) in [4.78, 5) is 1.45. The third-order valence-corrected chi connectivity index (χ3v) is 4.69. The minimum absolute atomic E-state index is 0.248. The Balaban J connectivity index is 2.02. The first kappa shape index (κ1) is 14.6. The van der Waals surface area contributed by atoms with Crippen LogP contribution in [-0.4, -0.2) is 24.7 Å². The molecule has 21 heavy (non-hydrogen) atoms. The fourth-order valence-electron chi connectivity index (χ4n) is 3.16. The summed E-state index contributed by atoms with van der Waals surface area (Å²) < 4.78 is 54.9. The van der Waals surface area contributed by atoms with Gasteiger partial charge < -0.3 is 10.2 Å². The van der Waals surface area contributed by atoms with E-state index in [1.54, 1.807) is 6.92 Å². The summed E-state index contributed by atoms with van der Waals surface area (Å²) in [7, 11) is 0. The molecule has 2 fully saturated rings. The highest BCUT2D eigenvalue weighted by molar-refractivity contribution is 5.52. The van der Waals surface area contributed by atoms with Gasteiger partial charge in [-0.1, -0.05) is 0 Å². The molecule has 0 aromatic heterocycles. The first-order valence-corrected chi connectivity index (χ1v) is 7.18. The quantitative estimate of drug-likeness (QED) is 0.666. The lowest BCUT2D eigenvalue weighted by molar-refractivity contribution is 0.257. The van der Waals surface area contributed by atoms with Crippen LogP contribution in [0.1, 0.15) is 26.7 Å². The fraction of sp³-hybridized carbons (Fsp3) is 0.600. The monoisotopic (exact) mass is 302 g/mol. The SMILES string of the molecule is CC1CNC(C)(C2CC2)CN1c1c(F)c(F)cc(F)c1F. The van der Waals surface area contributed by atoms with Crippen molar-refractivity contribution in [3.63, 3.8) is 0 Å². The highest BCUT2D eigenvalue weighted by Crippen LogP contribution is 2.43. The van der Waals surface area contributed by atoms with Crippen LogP contribution in [0.4, 0.5) is 23.2 Å². The zero-order valence-corrected chi connectivity index (χ0v) is 12.0. The molecule has 2 nitrogen and oxygen atoms in total. The number of hydrogen-bond acceptors (Lipinski definition) is 2. The van der Waals surface area contributed by atoms with E-state index in [0.29, 0.717) is 19.0 Å². The summed E-state index contributed by atoms with van der Waals surface area (Å²) in [6.45, 7) is 4.62. The standard InChI is InChI=1S/C15H18F4N2/c1-8-6-20-15(2,9-3-4-9)7-21(8)14-12(18)10(16)5-11(17)13(14)19/h5,8-9,20H,3-4,6-7H2,1-2H3. The minimum atomic E-state index is -1.36. The topological polar surface area (TPSA) is 15.3 Å². The number of rotatable bonds is 2. The Hall–Kier alpha value is -1.30. The Morgan fingerprint density at radius 3 is 2.24 bits per heavy atom. The van der Waals surface area contributed by atoms with Gasteiger partial charge in [-0.05, 0) is 32.6 Å². The van der Waals surface area contributed by atoms with Crippen molar-refractivity contribution in [3.8, 4) is 0 Å².